The first-order chi connectivity index (χ1) is 12.7. The number of carbonyl (C=O) groups is 2. The molecular weight excluding hydrogens is 330 g/mol. The predicted molar refractivity (Wildman–Crippen MR) is 95.3 cm³/mol. The number of anilines is 1. The number of ether oxygens (including phenoxy) is 1. The van der Waals surface area contributed by atoms with Crippen molar-refractivity contribution in [2.75, 3.05) is 11.5 Å². The zero-order chi connectivity index (χ0) is 17.7. The minimum absolute atomic E-state index is 0.0596. The van der Waals surface area contributed by atoms with Crippen molar-refractivity contribution in [3.8, 4) is 5.75 Å². The van der Waals surface area contributed by atoms with Gasteiger partial charge in [-0.2, -0.15) is 5.11 Å². The van der Waals surface area contributed by atoms with E-state index in [1.807, 2.05) is 17.0 Å². The zero-order valence-electron chi connectivity index (χ0n) is 14.6. The van der Waals surface area contributed by atoms with E-state index in [-0.39, 0.29) is 23.9 Å². The molecule has 1 aromatic rings. The molecule has 6 heteroatoms. The normalized spacial score (nSPS) is 27.2. The Balaban J connectivity index is 1.45. The molecule has 2 amide bonds. The Morgan fingerprint density at radius 3 is 2.96 bits per heavy atom. The van der Waals surface area contributed by atoms with Gasteiger partial charge in [0.1, 0.15) is 12.4 Å². The summed E-state index contributed by atoms with van der Waals surface area (Å²) >= 11 is 0. The Labute approximate surface area is 151 Å². The number of hydrogen-bond donors (Lipinski definition) is 0. The number of nitrogens with zero attached hydrogens (tertiary/aromatic N) is 3. The Kier molecular flexibility index (Phi) is 3.65. The topological polar surface area (TPSA) is 71.3 Å². The van der Waals surface area contributed by atoms with Gasteiger partial charge < -0.3 is 9.64 Å². The summed E-state index contributed by atoms with van der Waals surface area (Å²) in [6, 6.07) is 6.14. The molecule has 5 rings (SSSR count). The number of fused-ring (bicyclic) bond motifs is 3. The van der Waals surface area contributed by atoms with Gasteiger partial charge in [-0.05, 0) is 55.4 Å². The van der Waals surface area contributed by atoms with Crippen LogP contribution in [0.2, 0.25) is 0 Å². The van der Waals surface area contributed by atoms with Gasteiger partial charge in [0.15, 0.2) is 0 Å². The Morgan fingerprint density at radius 1 is 1.15 bits per heavy atom. The summed E-state index contributed by atoms with van der Waals surface area (Å²) in [4.78, 5) is 26.2. The van der Waals surface area contributed by atoms with Crippen molar-refractivity contribution in [1.29, 1.82) is 0 Å². The van der Waals surface area contributed by atoms with Gasteiger partial charge in [-0.25, -0.2) is 0 Å². The molecule has 6 nitrogen and oxygen atoms in total. The fourth-order valence-electron chi connectivity index (χ4n) is 4.60. The SMILES string of the molecule is O=C1N=NC(Cc2ccc3c(c2)N2C(=O)CC[C@@H]2CO3)C2=C1CCCC2. The van der Waals surface area contributed by atoms with Gasteiger partial charge in [0, 0.05) is 18.4 Å². The Bertz CT molecular complexity index is 858. The van der Waals surface area contributed by atoms with E-state index in [0.717, 1.165) is 54.7 Å². The van der Waals surface area contributed by atoms with E-state index in [4.69, 9.17) is 4.74 Å². The van der Waals surface area contributed by atoms with Crippen LogP contribution in [-0.4, -0.2) is 30.5 Å². The molecule has 3 heterocycles. The Morgan fingerprint density at radius 2 is 2.04 bits per heavy atom. The highest BCUT2D eigenvalue weighted by molar-refractivity contribution is 5.98. The van der Waals surface area contributed by atoms with E-state index in [2.05, 4.69) is 16.3 Å². The quantitative estimate of drug-likeness (QED) is 0.820. The number of azo groups is 1. The van der Waals surface area contributed by atoms with Crippen LogP contribution in [0.25, 0.3) is 0 Å². The average molecular weight is 351 g/mol. The summed E-state index contributed by atoms with van der Waals surface area (Å²) in [5.41, 5.74) is 4.03. The lowest BCUT2D eigenvalue weighted by Crippen LogP contribution is -2.40. The number of hydrogen-bond acceptors (Lipinski definition) is 4. The van der Waals surface area contributed by atoms with Crippen LogP contribution in [0.3, 0.4) is 0 Å². The first kappa shape index (κ1) is 15.7. The minimum Gasteiger partial charge on any atom is -0.489 e. The van der Waals surface area contributed by atoms with Crippen molar-refractivity contribution in [2.45, 2.75) is 57.0 Å². The van der Waals surface area contributed by atoms with Crippen LogP contribution in [0, 0.1) is 0 Å². The van der Waals surface area contributed by atoms with Crippen molar-refractivity contribution in [3.63, 3.8) is 0 Å². The second kappa shape index (κ2) is 6.04. The van der Waals surface area contributed by atoms with Crippen LogP contribution < -0.4 is 9.64 Å². The molecule has 0 saturated carbocycles. The maximum absolute atomic E-state index is 12.3. The highest BCUT2D eigenvalue weighted by atomic mass is 16.5. The van der Waals surface area contributed by atoms with Gasteiger partial charge in [-0.1, -0.05) is 6.07 Å². The smallest absolute Gasteiger partial charge is 0.291 e. The van der Waals surface area contributed by atoms with Gasteiger partial charge in [0.25, 0.3) is 5.91 Å². The third-order valence-electron chi connectivity index (χ3n) is 5.93. The summed E-state index contributed by atoms with van der Waals surface area (Å²) in [5.74, 6) is 0.801. The van der Waals surface area contributed by atoms with Crippen LogP contribution in [-0.2, 0) is 16.0 Å². The van der Waals surface area contributed by atoms with Crippen molar-refractivity contribution in [3.05, 3.63) is 34.9 Å². The lowest BCUT2D eigenvalue weighted by atomic mass is 9.84. The zero-order valence-corrected chi connectivity index (χ0v) is 14.6. The van der Waals surface area contributed by atoms with Crippen molar-refractivity contribution in [2.24, 2.45) is 10.2 Å². The molecule has 0 bridgehead atoms. The molecule has 4 aliphatic rings. The summed E-state index contributed by atoms with van der Waals surface area (Å²) < 4.78 is 5.84. The van der Waals surface area contributed by atoms with Gasteiger partial charge in [0.2, 0.25) is 5.91 Å². The van der Waals surface area contributed by atoms with Gasteiger partial charge in [-0.15, -0.1) is 5.11 Å². The van der Waals surface area contributed by atoms with E-state index in [9.17, 15) is 9.59 Å². The Hall–Kier alpha value is -2.50. The maximum Gasteiger partial charge on any atom is 0.291 e. The summed E-state index contributed by atoms with van der Waals surface area (Å²) in [6.45, 7) is 0.577. The van der Waals surface area contributed by atoms with Gasteiger partial charge in [-0.3, -0.25) is 9.59 Å². The molecule has 0 N–H and O–H groups in total. The molecule has 26 heavy (non-hydrogen) atoms. The molecule has 1 aliphatic carbocycles. The third-order valence-corrected chi connectivity index (χ3v) is 5.93. The molecule has 134 valence electrons. The molecule has 2 atom stereocenters. The highest BCUT2D eigenvalue weighted by Gasteiger charge is 2.37. The molecular formula is C20H21N3O3. The van der Waals surface area contributed by atoms with Gasteiger partial charge >= 0.3 is 0 Å². The van der Waals surface area contributed by atoms with E-state index >= 15 is 0 Å². The number of benzene rings is 1. The van der Waals surface area contributed by atoms with E-state index in [0.29, 0.717) is 19.4 Å². The standard InChI is InChI=1S/C20H21N3O3/c24-19-8-6-13-11-26-18-7-5-12(10-17(18)23(13)19)9-16-14-3-1-2-4-15(14)20(25)22-21-16/h5,7,10,13,16H,1-4,6,8-9,11H2/t13-,16?/m1/s1. The fourth-order valence-corrected chi connectivity index (χ4v) is 4.60. The van der Waals surface area contributed by atoms with E-state index < -0.39 is 0 Å². The van der Waals surface area contributed by atoms with E-state index in [1.54, 1.807) is 0 Å². The molecule has 1 aromatic carbocycles. The second-order valence-electron chi connectivity index (χ2n) is 7.52. The molecule has 3 aliphatic heterocycles. The van der Waals surface area contributed by atoms with Crippen LogP contribution in [0.4, 0.5) is 5.69 Å². The molecule has 1 fully saturated rings. The van der Waals surface area contributed by atoms with Crippen molar-refractivity contribution >= 4 is 17.5 Å². The molecule has 0 spiro atoms. The largest absolute Gasteiger partial charge is 0.489 e. The lowest BCUT2D eigenvalue weighted by Gasteiger charge is -2.32. The second-order valence-corrected chi connectivity index (χ2v) is 7.52. The number of rotatable bonds is 2. The van der Waals surface area contributed by atoms with Crippen molar-refractivity contribution < 1.29 is 14.3 Å². The number of amides is 2. The number of carbonyl (C=O) groups excluding carboxylic acids is 2. The third kappa shape index (κ3) is 2.47. The van der Waals surface area contributed by atoms with Crippen LogP contribution in [0.5, 0.6) is 5.75 Å². The molecule has 1 saturated heterocycles. The first-order valence-corrected chi connectivity index (χ1v) is 9.45. The van der Waals surface area contributed by atoms with Crippen LogP contribution in [0.15, 0.2) is 39.6 Å². The highest BCUT2D eigenvalue weighted by Crippen LogP contribution is 2.40. The lowest BCUT2D eigenvalue weighted by molar-refractivity contribution is -0.117. The van der Waals surface area contributed by atoms with E-state index in [1.165, 1.54) is 5.57 Å². The minimum atomic E-state index is -0.153. The fraction of sp³-hybridized carbons (Fsp3) is 0.500. The summed E-state index contributed by atoms with van der Waals surface area (Å²) in [5, 5.41) is 8.17. The predicted octanol–water partition coefficient (Wildman–Crippen LogP) is 3.35. The van der Waals surface area contributed by atoms with Crippen LogP contribution >= 0.6 is 0 Å². The monoisotopic (exact) mass is 351 g/mol. The summed E-state index contributed by atoms with van der Waals surface area (Å²) in [6.07, 6.45) is 6.08. The molecule has 0 aromatic heterocycles. The van der Waals surface area contributed by atoms with Crippen molar-refractivity contribution in [1.82, 2.24) is 0 Å². The molecule has 0 radical (unpaired) electrons. The average Bonchev–Trinajstić information content (AvgIpc) is 3.06. The maximum atomic E-state index is 12.3. The summed E-state index contributed by atoms with van der Waals surface area (Å²) in [7, 11) is 0. The first-order valence-electron chi connectivity index (χ1n) is 9.45. The van der Waals surface area contributed by atoms with Crippen LogP contribution in [0.1, 0.15) is 44.1 Å². The molecule has 1 unspecified atom stereocenters. The van der Waals surface area contributed by atoms with Gasteiger partial charge in [0.05, 0.1) is 17.8 Å².